The van der Waals surface area contributed by atoms with Gasteiger partial charge >= 0.3 is 12.0 Å². The van der Waals surface area contributed by atoms with E-state index in [1.807, 2.05) is 24.3 Å². The lowest BCUT2D eigenvalue weighted by molar-refractivity contribution is -0.129. The third kappa shape index (κ3) is 4.26. The van der Waals surface area contributed by atoms with Crippen LogP contribution < -0.4 is 10.6 Å². The summed E-state index contributed by atoms with van der Waals surface area (Å²) in [7, 11) is 1.40. The molecule has 1 aliphatic rings. The molecule has 0 radical (unpaired) electrons. The summed E-state index contributed by atoms with van der Waals surface area (Å²) in [6.07, 6.45) is 2.26. The molecule has 158 valence electrons. The molecule has 0 saturated carbocycles. The van der Waals surface area contributed by atoms with Crippen molar-refractivity contribution in [3.63, 3.8) is 0 Å². The number of pyridine rings is 1. The molecule has 3 aromatic rings. The van der Waals surface area contributed by atoms with E-state index in [0.29, 0.717) is 16.5 Å². The number of fused-ring (bicyclic) bond motifs is 2. The topological polar surface area (TPSA) is 97.4 Å². The summed E-state index contributed by atoms with van der Waals surface area (Å²) in [4.78, 5) is 42.6. The number of ether oxygens (including phenoxy) is 1. The molecule has 1 aliphatic carbocycles. The van der Waals surface area contributed by atoms with Crippen LogP contribution in [0.2, 0.25) is 0 Å². The molecule has 0 spiro atoms. The number of amides is 3. The molecule has 0 fully saturated rings. The molecule has 7 heteroatoms. The largest absolute Gasteiger partial charge is 0.444 e. The van der Waals surface area contributed by atoms with Gasteiger partial charge in [0, 0.05) is 23.7 Å². The van der Waals surface area contributed by atoms with E-state index in [9.17, 15) is 14.4 Å². The molecular weight excluding hydrogens is 394 g/mol. The summed E-state index contributed by atoms with van der Waals surface area (Å²) in [6, 6.07) is 15.4. The van der Waals surface area contributed by atoms with Crippen LogP contribution in [0.15, 0.2) is 54.6 Å². The number of aromatic nitrogens is 1. The summed E-state index contributed by atoms with van der Waals surface area (Å²) < 4.78 is 5.75. The maximum Gasteiger partial charge on any atom is 0.340 e. The number of nitrogens with one attached hydrogen (secondary N) is 2. The van der Waals surface area contributed by atoms with Crippen LogP contribution in [0.3, 0.4) is 0 Å². The third-order valence-electron chi connectivity index (χ3n) is 5.40. The van der Waals surface area contributed by atoms with E-state index < -0.39 is 24.0 Å². The van der Waals surface area contributed by atoms with Gasteiger partial charge in [0.1, 0.15) is 0 Å². The third-order valence-corrected chi connectivity index (χ3v) is 5.40. The van der Waals surface area contributed by atoms with Gasteiger partial charge in [-0.2, -0.15) is 0 Å². The molecular formula is C24H23N3O4. The van der Waals surface area contributed by atoms with Gasteiger partial charge in [-0.25, -0.2) is 9.59 Å². The van der Waals surface area contributed by atoms with E-state index in [1.54, 1.807) is 30.3 Å². The zero-order valence-corrected chi connectivity index (χ0v) is 17.2. The van der Waals surface area contributed by atoms with Gasteiger partial charge < -0.3 is 10.1 Å². The lowest BCUT2D eigenvalue weighted by Gasteiger charge is -2.22. The standard InChI is InChI=1S/C24H23N3O4/c1-25-24(30)27-22(28)21(15-9-3-2-4-10-15)31-23(29)20-16-11-5-7-13-18(16)26-19-14-8-6-12-17(19)20/h2-5,7,9-11,13,21H,6,8,12,14H2,1H3,(H2,25,27,28,30)/t21-/m0/s1. The molecule has 1 aromatic heterocycles. The van der Waals surface area contributed by atoms with Crippen LogP contribution in [0.4, 0.5) is 4.79 Å². The Balaban J connectivity index is 1.75. The highest BCUT2D eigenvalue weighted by Crippen LogP contribution is 2.31. The fourth-order valence-electron chi connectivity index (χ4n) is 3.91. The highest BCUT2D eigenvalue weighted by Gasteiger charge is 2.30. The van der Waals surface area contributed by atoms with Crippen LogP contribution in [0.25, 0.3) is 10.9 Å². The van der Waals surface area contributed by atoms with Gasteiger partial charge in [-0.15, -0.1) is 0 Å². The SMILES string of the molecule is CNC(=O)NC(=O)[C@@H](OC(=O)c1c2c(nc3ccccc13)CCCC2)c1ccccc1. The number of esters is 1. The molecule has 3 amide bonds. The molecule has 31 heavy (non-hydrogen) atoms. The second kappa shape index (κ2) is 8.95. The van der Waals surface area contributed by atoms with E-state index in [-0.39, 0.29) is 0 Å². The number of imide groups is 1. The van der Waals surface area contributed by atoms with Crippen molar-refractivity contribution < 1.29 is 19.1 Å². The van der Waals surface area contributed by atoms with Crippen LogP contribution in [0.1, 0.15) is 46.1 Å². The summed E-state index contributed by atoms with van der Waals surface area (Å²) in [5, 5.41) is 5.24. The van der Waals surface area contributed by atoms with Crippen LogP contribution in [-0.4, -0.2) is 29.9 Å². The zero-order valence-electron chi connectivity index (χ0n) is 17.2. The monoisotopic (exact) mass is 417 g/mol. The summed E-state index contributed by atoms with van der Waals surface area (Å²) in [5.41, 5.74) is 3.44. The maximum atomic E-state index is 13.4. The molecule has 1 atom stereocenters. The molecule has 0 saturated heterocycles. The predicted octanol–water partition coefficient (Wildman–Crippen LogP) is 3.47. The lowest BCUT2D eigenvalue weighted by atomic mass is 9.90. The quantitative estimate of drug-likeness (QED) is 0.634. The van der Waals surface area contributed by atoms with Gasteiger partial charge in [-0.1, -0.05) is 48.5 Å². The number of aryl methyl sites for hydroxylation is 1. The Labute approximate surface area is 179 Å². The summed E-state index contributed by atoms with van der Waals surface area (Å²) in [5.74, 6) is -1.32. The van der Waals surface area contributed by atoms with E-state index in [1.165, 1.54) is 7.05 Å². The first-order chi connectivity index (χ1) is 15.1. The van der Waals surface area contributed by atoms with Crippen LogP contribution >= 0.6 is 0 Å². The molecule has 0 aliphatic heterocycles. The first kappa shape index (κ1) is 20.5. The highest BCUT2D eigenvalue weighted by molar-refractivity contribution is 6.06. The Morgan fingerprint density at radius 3 is 2.45 bits per heavy atom. The predicted molar refractivity (Wildman–Crippen MR) is 116 cm³/mol. The molecule has 2 N–H and O–H groups in total. The zero-order chi connectivity index (χ0) is 21.8. The van der Waals surface area contributed by atoms with Crippen molar-refractivity contribution >= 4 is 28.8 Å². The number of para-hydroxylation sites is 1. The lowest BCUT2D eigenvalue weighted by Crippen LogP contribution is -2.41. The summed E-state index contributed by atoms with van der Waals surface area (Å²) in [6.45, 7) is 0. The number of carbonyl (C=O) groups is 3. The molecule has 0 bridgehead atoms. The van der Waals surface area contributed by atoms with Crippen molar-refractivity contribution in [2.45, 2.75) is 31.8 Å². The van der Waals surface area contributed by atoms with Gasteiger partial charge in [0.15, 0.2) is 0 Å². The maximum absolute atomic E-state index is 13.4. The van der Waals surface area contributed by atoms with Gasteiger partial charge in [0.2, 0.25) is 6.10 Å². The van der Waals surface area contributed by atoms with Gasteiger partial charge in [-0.3, -0.25) is 15.1 Å². The normalized spacial score (nSPS) is 13.7. The first-order valence-electron chi connectivity index (χ1n) is 10.3. The van der Waals surface area contributed by atoms with Crippen molar-refractivity contribution in [1.82, 2.24) is 15.6 Å². The Morgan fingerprint density at radius 1 is 0.968 bits per heavy atom. The van der Waals surface area contributed by atoms with E-state index >= 15 is 0 Å². The van der Waals surface area contributed by atoms with Crippen molar-refractivity contribution in [1.29, 1.82) is 0 Å². The number of hydrogen-bond acceptors (Lipinski definition) is 5. The second-order valence-corrected chi connectivity index (χ2v) is 7.40. The van der Waals surface area contributed by atoms with E-state index in [2.05, 4.69) is 10.6 Å². The van der Waals surface area contributed by atoms with Gasteiger partial charge in [0.25, 0.3) is 5.91 Å². The minimum Gasteiger partial charge on any atom is -0.444 e. The Morgan fingerprint density at radius 2 is 1.68 bits per heavy atom. The first-order valence-corrected chi connectivity index (χ1v) is 10.3. The smallest absolute Gasteiger partial charge is 0.340 e. The second-order valence-electron chi connectivity index (χ2n) is 7.40. The Bertz CT molecular complexity index is 1140. The van der Waals surface area contributed by atoms with Crippen molar-refractivity contribution in [2.24, 2.45) is 0 Å². The average Bonchev–Trinajstić information content (AvgIpc) is 2.81. The number of nitrogens with zero attached hydrogens (tertiary/aromatic N) is 1. The highest BCUT2D eigenvalue weighted by atomic mass is 16.5. The van der Waals surface area contributed by atoms with Crippen molar-refractivity contribution in [3.8, 4) is 0 Å². The van der Waals surface area contributed by atoms with Crippen LogP contribution in [-0.2, 0) is 22.4 Å². The average molecular weight is 417 g/mol. The number of urea groups is 1. The number of hydrogen-bond donors (Lipinski definition) is 2. The summed E-state index contributed by atoms with van der Waals surface area (Å²) >= 11 is 0. The number of rotatable bonds is 4. The van der Waals surface area contributed by atoms with Gasteiger partial charge in [0.05, 0.1) is 11.1 Å². The minimum absolute atomic E-state index is 0.453. The van der Waals surface area contributed by atoms with Crippen LogP contribution in [0.5, 0.6) is 0 Å². The fourth-order valence-corrected chi connectivity index (χ4v) is 3.91. The number of carbonyl (C=O) groups excluding carboxylic acids is 3. The van der Waals surface area contributed by atoms with E-state index in [0.717, 1.165) is 42.5 Å². The fraction of sp³-hybridized carbons (Fsp3) is 0.250. The van der Waals surface area contributed by atoms with Crippen LogP contribution in [0, 0.1) is 0 Å². The molecule has 1 heterocycles. The minimum atomic E-state index is -1.27. The molecule has 2 aromatic carbocycles. The Kier molecular flexibility index (Phi) is 5.93. The number of benzene rings is 2. The van der Waals surface area contributed by atoms with Gasteiger partial charge in [-0.05, 0) is 37.3 Å². The van der Waals surface area contributed by atoms with E-state index in [4.69, 9.17) is 9.72 Å². The Hall–Kier alpha value is -3.74. The molecule has 4 rings (SSSR count). The van der Waals surface area contributed by atoms with Crippen molar-refractivity contribution in [3.05, 3.63) is 77.0 Å². The van der Waals surface area contributed by atoms with Crippen molar-refractivity contribution in [2.75, 3.05) is 7.05 Å². The molecule has 7 nitrogen and oxygen atoms in total. The molecule has 0 unspecified atom stereocenters.